The third kappa shape index (κ3) is 4.67. The number of nitrogens with zero attached hydrogens (tertiary/aromatic N) is 2. The molecular formula is C21H20FN3O3. The van der Waals surface area contributed by atoms with E-state index >= 15 is 0 Å². The van der Waals surface area contributed by atoms with Crippen molar-refractivity contribution in [3.05, 3.63) is 59.4 Å². The number of rotatable bonds is 5. The number of hydrogen-bond donors (Lipinski definition) is 1. The van der Waals surface area contributed by atoms with Gasteiger partial charge in [0, 0.05) is 24.5 Å². The molecule has 1 saturated heterocycles. The second kappa shape index (κ2) is 9.02. The van der Waals surface area contributed by atoms with E-state index in [0.717, 1.165) is 18.8 Å². The van der Waals surface area contributed by atoms with Crippen LogP contribution in [0.4, 0.5) is 15.8 Å². The molecule has 7 heteroatoms. The highest BCUT2D eigenvalue weighted by Crippen LogP contribution is 2.21. The molecule has 1 fully saturated rings. The summed E-state index contributed by atoms with van der Waals surface area (Å²) in [5.74, 6) is -1.02. The third-order valence-electron chi connectivity index (χ3n) is 4.35. The first-order chi connectivity index (χ1) is 13.6. The number of benzene rings is 2. The van der Waals surface area contributed by atoms with E-state index in [1.807, 2.05) is 18.2 Å². The summed E-state index contributed by atoms with van der Waals surface area (Å²) in [6.07, 6.45) is 1.33. The van der Waals surface area contributed by atoms with Crippen LogP contribution >= 0.6 is 0 Å². The first-order valence-corrected chi connectivity index (χ1v) is 8.80. The molecule has 0 aromatic heterocycles. The molecule has 2 aromatic carbocycles. The molecule has 0 unspecified atom stereocenters. The molecule has 2 aromatic rings. The molecule has 1 amide bonds. The van der Waals surface area contributed by atoms with Crippen molar-refractivity contribution in [2.24, 2.45) is 0 Å². The normalized spacial score (nSPS) is 14.3. The molecule has 1 aliphatic heterocycles. The quantitative estimate of drug-likeness (QED) is 0.636. The molecule has 144 valence electrons. The van der Waals surface area contributed by atoms with E-state index in [4.69, 9.17) is 9.47 Å². The zero-order chi connectivity index (χ0) is 19.9. The Bertz CT molecular complexity index is 913. The number of methoxy groups -OCH3 is 1. The predicted molar refractivity (Wildman–Crippen MR) is 105 cm³/mol. The fraction of sp³-hybridized carbons (Fsp3) is 0.238. The predicted octanol–water partition coefficient (Wildman–Crippen LogP) is 3.22. The molecule has 0 radical (unpaired) electrons. The van der Waals surface area contributed by atoms with Gasteiger partial charge in [-0.25, -0.2) is 4.39 Å². The molecule has 0 spiro atoms. The van der Waals surface area contributed by atoms with E-state index < -0.39 is 11.7 Å². The van der Waals surface area contributed by atoms with Gasteiger partial charge in [0.2, 0.25) is 0 Å². The Hall–Kier alpha value is -3.37. The minimum absolute atomic E-state index is 0.0977. The number of carbonyl (C=O) groups excluding carboxylic acids is 1. The average Bonchev–Trinajstić information content (AvgIpc) is 2.73. The van der Waals surface area contributed by atoms with E-state index in [2.05, 4.69) is 10.2 Å². The van der Waals surface area contributed by atoms with Crippen LogP contribution in [-0.4, -0.2) is 39.3 Å². The van der Waals surface area contributed by atoms with Crippen LogP contribution in [0.5, 0.6) is 5.75 Å². The van der Waals surface area contributed by atoms with Crippen LogP contribution in [-0.2, 0) is 9.53 Å². The summed E-state index contributed by atoms with van der Waals surface area (Å²) in [6, 6.07) is 13.5. The smallest absolute Gasteiger partial charge is 0.266 e. The van der Waals surface area contributed by atoms with Crippen molar-refractivity contribution in [1.29, 1.82) is 5.26 Å². The Morgan fingerprint density at radius 1 is 1.25 bits per heavy atom. The van der Waals surface area contributed by atoms with Crippen LogP contribution in [0.25, 0.3) is 6.08 Å². The van der Waals surface area contributed by atoms with Gasteiger partial charge in [-0.05, 0) is 48.0 Å². The monoisotopic (exact) mass is 381 g/mol. The average molecular weight is 381 g/mol. The van der Waals surface area contributed by atoms with Crippen molar-refractivity contribution in [2.45, 2.75) is 0 Å². The van der Waals surface area contributed by atoms with Crippen LogP contribution in [0, 0.1) is 17.1 Å². The zero-order valence-corrected chi connectivity index (χ0v) is 15.4. The minimum atomic E-state index is -0.562. The second-order valence-electron chi connectivity index (χ2n) is 6.16. The summed E-state index contributed by atoms with van der Waals surface area (Å²) in [5, 5.41) is 12.0. The lowest BCUT2D eigenvalue weighted by Crippen LogP contribution is -2.36. The summed E-state index contributed by atoms with van der Waals surface area (Å²) < 4.78 is 24.0. The molecule has 3 rings (SSSR count). The lowest BCUT2D eigenvalue weighted by Gasteiger charge is -2.28. The Kier molecular flexibility index (Phi) is 6.25. The number of nitrogens with one attached hydrogen (secondary N) is 1. The van der Waals surface area contributed by atoms with Gasteiger partial charge in [-0.1, -0.05) is 6.07 Å². The van der Waals surface area contributed by atoms with Gasteiger partial charge in [-0.15, -0.1) is 0 Å². The SMILES string of the molecule is COc1ccc(/C=C(\C#N)C(=O)Nc2ccc(N3CCOCC3)cc2)cc1F. The van der Waals surface area contributed by atoms with Gasteiger partial charge in [-0.3, -0.25) is 4.79 Å². The minimum Gasteiger partial charge on any atom is -0.494 e. The van der Waals surface area contributed by atoms with Crippen LogP contribution < -0.4 is 15.0 Å². The highest BCUT2D eigenvalue weighted by atomic mass is 19.1. The Balaban J connectivity index is 1.70. The molecule has 28 heavy (non-hydrogen) atoms. The first-order valence-electron chi connectivity index (χ1n) is 8.80. The first kappa shape index (κ1) is 19.4. The Morgan fingerprint density at radius 3 is 2.57 bits per heavy atom. The summed E-state index contributed by atoms with van der Waals surface area (Å²) >= 11 is 0. The summed E-state index contributed by atoms with van der Waals surface area (Å²) in [6.45, 7) is 3.04. The second-order valence-corrected chi connectivity index (χ2v) is 6.16. The number of anilines is 2. The highest BCUT2D eigenvalue weighted by molar-refractivity contribution is 6.09. The molecule has 1 N–H and O–H groups in total. The van der Waals surface area contributed by atoms with Gasteiger partial charge in [0.1, 0.15) is 11.6 Å². The molecule has 1 heterocycles. The number of nitriles is 1. The summed E-state index contributed by atoms with van der Waals surface area (Å²) in [5.41, 5.74) is 1.89. The molecular weight excluding hydrogens is 361 g/mol. The topological polar surface area (TPSA) is 74.6 Å². The fourth-order valence-electron chi connectivity index (χ4n) is 2.86. The van der Waals surface area contributed by atoms with Crippen molar-refractivity contribution in [3.63, 3.8) is 0 Å². The molecule has 0 atom stereocenters. The van der Waals surface area contributed by atoms with Gasteiger partial charge < -0.3 is 19.7 Å². The molecule has 6 nitrogen and oxygen atoms in total. The maximum atomic E-state index is 13.8. The van der Waals surface area contributed by atoms with E-state index in [1.54, 1.807) is 18.2 Å². The van der Waals surface area contributed by atoms with Crippen molar-refractivity contribution in [3.8, 4) is 11.8 Å². The van der Waals surface area contributed by atoms with Crippen LogP contribution in [0.3, 0.4) is 0 Å². The number of carbonyl (C=O) groups is 1. The maximum absolute atomic E-state index is 13.8. The van der Waals surface area contributed by atoms with E-state index in [-0.39, 0.29) is 11.3 Å². The van der Waals surface area contributed by atoms with Crippen LogP contribution in [0.1, 0.15) is 5.56 Å². The van der Waals surface area contributed by atoms with Crippen LogP contribution in [0.15, 0.2) is 48.0 Å². The lowest BCUT2D eigenvalue weighted by atomic mass is 10.1. The number of amides is 1. The highest BCUT2D eigenvalue weighted by Gasteiger charge is 2.13. The molecule has 0 saturated carbocycles. The van der Waals surface area contributed by atoms with Gasteiger partial charge in [0.25, 0.3) is 5.91 Å². The summed E-state index contributed by atoms with van der Waals surface area (Å²) in [4.78, 5) is 14.6. The third-order valence-corrected chi connectivity index (χ3v) is 4.35. The maximum Gasteiger partial charge on any atom is 0.266 e. The largest absolute Gasteiger partial charge is 0.494 e. The van der Waals surface area contributed by atoms with Crippen molar-refractivity contribution in [1.82, 2.24) is 0 Å². The standard InChI is InChI=1S/C21H20FN3O3/c1-27-20-7-2-15(13-19(20)22)12-16(14-23)21(26)24-17-3-5-18(6-4-17)25-8-10-28-11-9-25/h2-7,12-13H,8-11H2,1H3,(H,24,26)/b16-12+. The van der Waals surface area contributed by atoms with Crippen LogP contribution in [0.2, 0.25) is 0 Å². The number of hydrogen-bond acceptors (Lipinski definition) is 5. The zero-order valence-electron chi connectivity index (χ0n) is 15.4. The van der Waals surface area contributed by atoms with Crippen molar-refractivity contribution >= 4 is 23.4 Å². The number of ether oxygens (including phenoxy) is 2. The van der Waals surface area contributed by atoms with E-state index in [0.29, 0.717) is 24.5 Å². The van der Waals surface area contributed by atoms with Crippen molar-refractivity contribution in [2.75, 3.05) is 43.6 Å². The molecule has 0 aliphatic carbocycles. The van der Waals surface area contributed by atoms with Gasteiger partial charge in [0.05, 0.1) is 20.3 Å². The molecule has 0 bridgehead atoms. The number of morpholine rings is 1. The van der Waals surface area contributed by atoms with E-state index in [1.165, 1.54) is 25.3 Å². The lowest BCUT2D eigenvalue weighted by molar-refractivity contribution is -0.112. The number of halogens is 1. The molecule has 1 aliphatic rings. The van der Waals surface area contributed by atoms with Gasteiger partial charge in [0.15, 0.2) is 11.6 Å². The Morgan fingerprint density at radius 2 is 1.96 bits per heavy atom. The van der Waals surface area contributed by atoms with E-state index in [9.17, 15) is 14.4 Å². The Labute approximate surface area is 162 Å². The van der Waals surface area contributed by atoms with Gasteiger partial charge in [-0.2, -0.15) is 5.26 Å². The van der Waals surface area contributed by atoms with Gasteiger partial charge >= 0.3 is 0 Å². The fourth-order valence-corrected chi connectivity index (χ4v) is 2.86. The summed E-state index contributed by atoms with van der Waals surface area (Å²) in [7, 11) is 1.37. The van der Waals surface area contributed by atoms with Crippen molar-refractivity contribution < 1.29 is 18.7 Å².